The number of hydrogen-bond donors (Lipinski definition) is 2. The van der Waals surface area contributed by atoms with E-state index >= 15 is 0 Å². The van der Waals surface area contributed by atoms with Crippen LogP contribution < -0.4 is 11.3 Å². The van der Waals surface area contributed by atoms with Crippen LogP contribution in [0.25, 0.3) is 0 Å². The third-order valence-electron chi connectivity index (χ3n) is 1.80. The number of aromatic nitrogens is 2. The summed E-state index contributed by atoms with van der Waals surface area (Å²) >= 11 is 0. The maximum atomic E-state index is 5.39. The largest absolute Gasteiger partial charge is 0.271 e. The van der Waals surface area contributed by atoms with Gasteiger partial charge in [0.05, 0.1) is 17.9 Å². The van der Waals surface area contributed by atoms with Crippen molar-refractivity contribution in [1.29, 1.82) is 0 Å². The number of rotatable bonds is 5. The van der Waals surface area contributed by atoms with Crippen molar-refractivity contribution >= 4 is 0 Å². The summed E-state index contributed by atoms with van der Waals surface area (Å²) in [6.07, 6.45) is 8.68. The fourth-order valence-corrected chi connectivity index (χ4v) is 1.09. The van der Waals surface area contributed by atoms with E-state index in [4.69, 9.17) is 5.84 Å². The number of hydrogen-bond acceptors (Lipinski definition) is 4. The second-order valence-electron chi connectivity index (χ2n) is 2.72. The molecule has 0 saturated carbocycles. The highest BCUT2D eigenvalue weighted by Gasteiger charge is 2.08. The molecule has 0 aromatic carbocycles. The van der Waals surface area contributed by atoms with Gasteiger partial charge in [0, 0.05) is 12.4 Å². The van der Waals surface area contributed by atoms with Gasteiger partial charge in [-0.15, -0.1) is 6.58 Å². The van der Waals surface area contributed by atoms with Gasteiger partial charge in [-0.25, -0.2) is 0 Å². The van der Waals surface area contributed by atoms with E-state index < -0.39 is 0 Å². The van der Waals surface area contributed by atoms with E-state index in [1.165, 1.54) is 0 Å². The zero-order chi connectivity index (χ0) is 9.52. The van der Waals surface area contributed by atoms with Crippen molar-refractivity contribution in [3.8, 4) is 0 Å². The van der Waals surface area contributed by atoms with Gasteiger partial charge in [0.25, 0.3) is 0 Å². The second-order valence-corrected chi connectivity index (χ2v) is 2.72. The van der Waals surface area contributed by atoms with E-state index in [-0.39, 0.29) is 6.04 Å². The van der Waals surface area contributed by atoms with Crippen molar-refractivity contribution in [2.45, 2.75) is 18.9 Å². The van der Waals surface area contributed by atoms with E-state index in [0.717, 1.165) is 18.5 Å². The second kappa shape index (κ2) is 5.40. The lowest BCUT2D eigenvalue weighted by molar-refractivity contribution is 0.507. The van der Waals surface area contributed by atoms with Gasteiger partial charge in [-0.05, 0) is 12.8 Å². The first kappa shape index (κ1) is 9.83. The first-order valence-corrected chi connectivity index (χ1v) is 4.21. The lowest BCUT2D eigenvalue weighted by atomic mass is 10.1. The standard InChI is InChI=1S/C9H14N4/c1-2-3-4-8(13-10)9-7-11-5-6-12-9/h2,5-8,13H,1,3-4,10H2. The lowest BCUT2D eigenvalue weighted by Crippen LogP contribution is -2.28. The summed E-state index contributed by atoms with van der Waals surface area (Å²) in [6, 6.07) is 0.0618. The van der Waals surface area contributed by atoms with E-state index in [0.29, 0.717) is 0 Å². The molecular weight excluding hydrogens is 164 g/mol. The maximum absolute atomic E-state index is 5.39. The van der Waals surface area contributed by atoms with Crippen LogP contribution in [-0.2, 0) is 0 Å². The van der Waals surface area contributed by atoms with Gasteiger partial charge >= 0.3 is 0 Å². The molecule has 0 bridgehead atoms. The third-order valence-corrected chi connectivity index (χ3v) is 1.80. The summed E-state index contributed by atoms with van der Waals surface area (Å²) in [5.41, 5.74) is 3.57. The zero-order valence-electron chi connectivity index (χ0n) is 7.48. The number of nitrogens with zero attached hydrogens (tertiary/aromatic N) is 2. The van der Waals surface area contributed by atoms with Crippen LogP contribution in [0.2, 0.25) is 0 Å². The number of nitrogens with two attached hydrogens (primary N) is 1. The Morgan fingerprint density at radius 2 is 2.46 bits per heavy atom. The van der Waals surface area contributed by atoms with Gasteiger partial charge in [-0.2, -0.15) is 0 Å². The molecule has 0 aliphatic heterocycles. The van der Waals surface area contributed by atoms with Crippen LogP contribution in [-0.4, -0.2) is 9.97 Å². The lowest BCUT2D eigenvalue weighted by Gasteiger charge is -2.12. The minimum absolute atomic E-state index is 0.0618. The molecule has 1 atom stereocenters. The van der Waals surface area contributed by atoms with Gasteiger partial charge < -0.3 is 0 Å². The fourth-order valence-electron chi connectivity index (χ4n) is 1.09. The van der Waals surface area contributed by atoms with E-state index in [1.54, 1.807) is 18.6 Å². The van der Waals surface area contributed by atoms with Gasteiger partial charge in [-0.3, -0.25) is 21.2 Å². The van der Waals surface area contributed by atoms with Crippen molar-refractivity contribution < 1.29 is 0 Å². The SMILES string of the molecule is C=CCCC(NN)c1cnccn1. The Hall–Kier alpha value is -1.26. The van der Waals surface area contributed by atoms with Crippen LogP contribution in [0.15, 0.2) is 31.2 Å². The molecule has 3 N–H and O–H groups in total. The molecule has 0 aliphatic rings. The Bertz CT molecular complexity index is 247. The van der Waals surface area contributed by atoms with Crippen molar-refractivity contribution in [2.75, 3.05) is 0 Å². The van der Waals surface area contributed by atoms with Crippen LogP contribution in [0.5, 0.6) is 0 Å². The summed E-state index contributed by atoms with van der Waals surface area (Å²) in [5, 5.41) is 0. The Morgan fingerprint density at radius 3 is 3.00 bits per heavy atom. The molecule has 1 aromatic rings. The van der Waals surface area contributed by atoms with Gasteiger partial charge in [0.1, 0.15) is 0 Å². The minimum atomic E-state index is 0.0618. The molecule has 0 spiro atoms. The molecule has 0 saturated heterocycles. The predicted molar refractivity (Wildman–Crippen MR) is 51.5 cm³/mol. The summed E-state index contributed by atoms with van der Waals surface area (Å²) in [6.45, 7) is 3.66. The number of allylic oxidation sites excluding steroid dienone is 1. The topological polar surface area (TPSA) is 63.8 Å². The third kappa shape index (κ3) is 2.93. The van der Waals surface area contributed by atoms with E-state index in [2.05, 4.69) is 22.0 Å². The molecule has 4 nitrogen and oxygen atoms in total. The fraction of sp³-hybridized carbons (Fsp3) is 0.333. The van der Waals surface area contributed by atoms with Crippen molar-refractivity contribution in [1.82, 2.24) is 15.4 Å². The zero-order valence-corrected chi connectivity index (χ0v) is 7.48. The average molecular weight is 178 g/mol. The molecule has 0 fully saturated rings. The molecule has 1 heterocycles. The summed E-state index contributed by atoms with van der Waals surface area (Å²) in [4.78, 5) is 8.14. The van der Waals surface area contributed by atoms with Gasteiger partial charge in [0.15, 0.2) is 0 Å². The van der Waals surface area contributed by atoms with Crippen LogP contribution in [0.3, 0.4) is 0 Å². The van der Waals surface area contributed by atoms with Crippen molar-refractivity contribution in [3.63, 3.8) is 0 Å². The molecule has 4 heteroatoms. The molecule has 1 rings (SSSR count). The van der Waals surface area contributed by atoms with Gasteiger partial charge in [-0.1, -0.05) is 6.08 Å². The Balaban J connectivity index is 2.61. The highest BCUT2D eigenvalue weighted by Crippen LogP contribution is 2.13. The minimum Gasteiger partial charge on any atom is -0.271 e. The van der Waals surface area contributed by atoms with Crippen LogP contribution in [0.1, 0.15) is 24.6 Å². The maximum Gasteiger partial charge on any atom is 0.0769 e. The normalized spacial score (nSPS) is 12.4. The molecule has 0 aliphatic carbocycles. The molecule has 0 amide bonds. The highest BCUT2D eigenvalue weighted by molar-refractivity contribution is 5.01. The van der Waals surface area contributed by atoms with E-state index in [1.807, 2.05) is 6.08 Å². The first-order valence-electron chi connectivity index (χ1n) is 4.21. The Labute approximate surface area is 77.9 Å². The van der Waals surface area contributed by atoms with Gasteiger partial charge in [0.2, 0.25) is 0 Å². The van der Waals surface area contributed by atoms with Crippen LogP contribution in [0.4, 0.5) is 0 Å². The van der Waals surface area contributed by atoms with Crippen LogP contribution >= 0.6 is 0 Å². The van der Waals surface area contributed by atoms with Crippen molar-refractivity contribution in [3.05, 3.63) is 36.9 Å². The number of hydrazine groups is 1. The molecule has 1 aromatic heterocycles. The van der Waals surface area contributed by atoms with Crippen molar-refractivity contribution in [2.24, 2.45) is 5.84 Å². The summed E-state index contributed by atoms with van der Waals surface area (Å²) in [7, 11) is 0. The Kier molecular flexibility index (Phi) is 4.08. The smallest absolute Gasteiger partial charge is 0.0769 e. The average Bonchev–Trinajstić information content (AvgIpc) is 2.21. The van der Waals surface area contributed by atoms with Crippen LogP contribution in [0, 0.1) is 0 Å². The molecule has 13 heavy (non-hydrogen) atoms. The highest BCUT2D eigenvalue weighted by atomic mass is 15.2. The quantitative estimate of drug-likeness (QED) is 0.400. The molecule has 1 unspecified atom stereocenters. The number of nitrogens with one attached hydrogen (secondary N) is 1. The molecule has 0 radical (unpaired) electrons. The predicted octanol–water partition coefficient (Wildman–Crippen LogP) is 0.947. The monoisotopic (exact) mass is 178 g/mol. The summed E-state index contributed by atoms with van der Waals surface area (Å²) in [5.74, 6) is 5.39. The molecular formula is C9H14N4. The first-order chi connectivity index (χ1) is 6.38. The molecule has 70 valence electrons. The Morgan fingerprint density at radius 1 is 1.62 bits per heavy atom. The van der Waals surface area contributed by atoms with E-state index in [9.17, 15) is 0 Å². The summed E-state index contributed by atoms with van der Waals surface area (Å²) < 4.78 is 0.